The van der Waals surface area contributed by atoms with E-state index in [0.717, 1.165) is 16.9 Å². The lowest BCUT2D eigenvalue weighted by Gasteiger charge is -2.37. The minimum absolute atomic E-state index is 0.00389. The van der Waals surface area contributed by atoms with Crippen molar-refractivity contribution in [3.05, 3.63) is 88.1 Å². The highest BCUT2D eigenvalue weighted by Crippen LogP contribution is 2.49. The number of carbonyl (C=O) groups is 2. The van der Waals surface area contributed by atoms with Crippen molar-refractivity contribution < 1.29 is 23.8 Å². The number of amides is 1. The molecule has 5 rings (SSSR count). The number of allylic oxidation sites excluding steroid dienone is 1. The van der Waals surface area contributed by atoms with E-state index in [4.69, 9.17) is 25.8 Å². The summed E-state index contributed by atoms with van der Waals surface area (Å²) in [5.41, 5.74) is 3.67. The minimum Gasteiger partial charge on any atom is -0.493 e. The maximum absolute atomic E-state index is 14.6. The molecule has 1 aliphatic heterocycles. The van der Waals surface area contributed by atoms with Gasteiger partial charge in [-0.3, -0.25) is 14.5 Å². The van der Waals surface area contributed by atoms with E-state index in [1.54, 1.807) is 29.2 Å². The second kappa shape index (κ2) is 10.3. The van der Waals surface area contributed by atoms with Crippen molar-refractivity contribution in [1.29, 1.82) is 0 Å². The van der Waals surface area contributed by atoms with Gasteiger partial charge in [-0.15, -0.1) is 0 Å². The van der Waals surface area contributed by atoms with Gasteiger partial charge < -0.3 is 19.5 Å². The molecule has 0 saturated carbocycles. The van der Waals surface area contributed by atoms with Crippen molar-refractivity contribution in [2.45, 2.75) is 32.7 Å². The predicted octanol–water partition coefficient (Wildman–Crippen LogP) is 6.82. The van der Waals surface area contributed by atoms with Crippen LogP contribution in [0.5, 0.6) is 17.2 Å². The molecule has 1 amide bonds. The Hall–Kier alpha value is -3.97. The van der Waals surface area contributed by atoms with Crippen LogP contribution in [0.1, 0.15) is 48.7 Å². The summed E-state index contributed by atoms with van der Waals surface area (Å²) in [6.07, 6.45) is 1.04. The summed E-state index contributed by atoms with van der Waals surface area (Å²) in [4.78, 5) is 30.2. The van der Waals surface area contributed by atoms with Crippen molar-refractivity contribution in [3.63, 3.8) is 0 Å². The SMILES string of the molecule is COc1cc(C(=O)N2c3ccccc3NC3=C(C(=O)CC(C)(C)C3)C2c2ccc(Cl)cc2)cc(OC)c1OC. The molecule has 1 atom stereocenters. The third kappa shape index (κ3) is 4.83. The highest BCUT2D eigenvalue weighted by molar-refractivity contribution is 6.30. The van der Waals surface area contributed by atoms with E-state index >= 15 is 0 Å². The lowest BCUT2D eigenvalue weighted by Crippen LogP contribution is -2.39. The number of hydrogen-bond donors (Lipinski definition) is 1. The van der Waals surface area contributed by atoms with Gasteiger partial charge in [-0.25, -0.2) is 0 Å². The Morgan fingerprint density at radius 2 is 1.59 bits per heavy atom. The summed E-state index contributed by atoms with van der Waals surface area (Å²) in [7, 11) is 4.53. The van der Waals surface area contributed by atoms with Crippen LogP contribution >= 0.6 is 11.6 Å². The fourth-order valence-electron chi connectivity index (χ4n) is 5.51. The average Bonchev–Trinajstić information content (AvgIpc) is 3.05. The zero-order valence-electron chi connectivity index (χ0n) is 22.6. The van der Waals surface area contributed by atoms with Gasteiger partial charge in [-0.05, 0) is 53.8 Å². The fourth-order valence-corrected chi connectivity index (χ4v) is 5.64. The van der Waals surface area contributed by atoms with E-state index in [2.05, 4.69) is 19.2 Å². The van der Waals surface area contributed by atoms with Crippen molar-refractivity contribution in [3.8, 4) is 17.2 Å². The van der Waals surface area contributed by atoms with E-state index in [1.165, 1.54) is 21.3 Å². The van der Waals surface area contributed by atoms with E-state index in [0.29, 0.717) is 51.9 Å². The van der Waals surface area contributed by atoms with Crippen LogP contribution < -0.4 is 24.4 Å². The quantitative estimate of drug-likeness (QED) is 0.378. The van der Waals surface area contributed by atoms with E-state index < -0.39 is 6.04 Å². The molecule has 1 N–H and O–H groups in total. The number of anilines is 2. The number of nitrogens with one attached hydrogen (secondary N) is 1. The Morgan fingerprint density at radius 1 is 0.949 bits per heavy atom. The van der Waals surface area contributed by atoms with Gasteiger partial charge in [0.1, 0.15) is 0 Å². The van der Waals surface area contributed by atoms with E-state index in [9.17, 15) is 9.59 Å². The Morgan fingerprint density at radius 3 is 2.21 bits per heavy atom. The first-order chi connectivity index (χ1) is 18.7. The van der Waals surface area contributed by atoms with Crippen LogP contribution in [-0.4, -0.2) is 33.0 Å². The molecular weight excluding hydrogens is 516 g/mol. The zero-order valence-corrected chi connectivity index (χ0v) is 23.4. The monoisotopic (exact) mass is 546 g/mol. The van der Waals surface area contributed by atoms with Gasteiger partial charge in [-0.2, -0.15) is 0 Å². The van der Waals surface area contributed by atoms with Crippen LogP contribution in [0, 0.1) is 5.41 Å². The molecule has 0 spiro atoms. The van der Waals surface area contributed by atoms with Gasteiger partial charge in [0.2, 0.25) is 5.75 Å². The fraction of sp³-hybridized carbons (Fsp3) is 0.290. The second-order valence-electron chi connectivity index (χ2n) is 10.5. The smallest absolute Gasteiger partial charge is 0.259 e. The zero-order chi connectivity index (χ0) is 27.9. The van der Waals surface area contributed by atoms with Crippen molar-refractivity contribution in [2.24, 2.45) is 5.41 Å². The molecule has 0 saturated heterocycles. The molecule has 0 bridgehead atoms. The molecule has 0 radical (unpaired) electrons. The first-order valence-electron chi connectivity index (χ1n) is 12.7. The molecular formula is C31H31ClN2O5. The Bertz CT molecular complexity index is 1450. The van der Waals surface area contributed by atoms with Crippen LogP contribution in [0.25, 0.3) is 0 Å². The van der Waals surface area contributed by atoms with E-state index in [1.807, 2.05) is 36.4 Å². The number of carbonyl (C=O) groups excluding carboxylic acids is 2. The summed E-state index contributed by atoms with van der Waals surface area (Å²) in [6, 6.07) is 17.5. The lowest BCUT2D eigenvalue weighted by molar-refractivity contribution is -0.118. The molecule has 0 fully saturated rings. The third-order valence-corrected chi connectivity index (χ3v) is 7.47. The number of ketones is 1. The molecule has 8 heteroatoms. The molecule has 202 valence electrons. The summed E-state index contributed by atoms with van der Waals surface area (Å²) < 4.78 is 16.5. The van der Waals surface area contributed by atoms with Gasteiger partial charge in [0.15, 0.2) is 17.3 Å². The molecule has 1 heterocycles. The summed E-state index contributed by atoms with van der Waals surface area (Å²) >= 11 is 6.25. The molecule has 3 aromatic rings. The largest absolute Gasteiger partial charge is 0.493 e. The maximum Gasteiger partial charge on any atom is 0.259 e. The number of ether oxygens (including phenoxy) is 3. The maximum atomic E-state index is 14.6. The Labute approximate surface area is 233 Å². The molecule has 3 aromatic carbocycles. The number of benzene rings is 3. The van der Waals surface area contributed by atoms with Crippen LogP contribution in [0.2, 0.25) is 5.02 Å². The second-order valence-corrected chi connectivity index (χ2v) is 11.0. The van der Waals surface area contributed by atoms with Crippen molar-refractivity contribution in [2.75, 3.05) is 31.5 Å². The standard InChI is InChI=1S/C31H31ClN2O5/c1-31(2)16-22-27(24(35)17-31)28(18-10-12-20(32)13-11-18)34(23-9-7-6-8-21(23)33-22)30(36)19-14-25(37-3)29(39-5)26(15-19)38-4/h6-15,28,33H,16-17H2,1-5H3. The summed E-state index contributed by atoms with van der Waals surface area (Å²) in [6.45, 7) is 4.17. The highest BCUT2D eigenvalue weighted by Gasteiger charge is 2.43. The Balaban J connectivity index is 1.78. The first-order valence-corrected chi connectivity index (χ1v) is 13.1. The normalized spacial score (nSPS) is 17.9. The number of Topliss-reactive ketones (excluding diaryl/α,β-unsaturated/α-hetero) is 1. The first kappa shape index (κ1) is 26.6. The number of nitrogens with zero attached hydrogens (tertiary/aromatic N) is 1. The number of rotatable bonds is 5. The van der Waals surface area contributed by atoms with Gasteiger partial charge in [0, 0.05) is 28.3 Å². The lowest BCUT2D eigenvalue weighted by atomic mass is 9.73. The topological polar surface area (TPSA) is 77.1 Å². The number of hydrogen-bond acceptors (Lipinski definition) is 6. The molecule has 1 aliphatic carbocycles. The summed E-state index contributed by atoms with van der Waals surface area (Å²) in [5, 5.41) is 4.10. The van der Waals surface area contributed by atoms with Crippen LogP contribution in [-0.2, 0) is 4.79 Å². The average molecular weight is 547 g/mol. The number of fused-ring (bicyclic) bond motifs is 1. The summed E-state index contributed by atoms with van der Waals surface area (Å²) in [5.74, 6) is 0.789. The van der Waals surface area contributed by atoms with Crippen LogP contribution in [0.3, 0.4) is 0 Å². The van der Waals surface area contributed by atoms with Gasteiger partial charge in [0.05, 0.1) is 38.7 Å². The molecule has 2 aliphatic rings. The predicted molar refractivity (Wildman–Crippen MR) is 152 cm³/mol. The molecule has 1 unspecified atom stereocenters. The van der Waals surface area contributed by atoms with Crippen molar-refractivity contribution in [1.82, 2.24) is 0 Å². The number of halogens is 1. The van der Waals surface area contributed by atoms with E-state index in [-0.39, 0.29) is 17.1 Å². The minimum atomic E-state index is -0.691. The van der Waals surface area contributed by atoms with Crippen LogP contribution in [0.15, 0.2) is 71.9 Å². The van der Waals surface area contributed by atoms with Gasteiger partial charge in [0.25, 0.3) is 5.91 Å². The molecule has 39 heavy (non-hydrogen) atoms. The van der Waals surface area contributed by atoms with Crippen LogP contribution in [0.4, 0.5) is 11.4 Å². The molecule has 0 aromatic heterocycles. The molecule has 7 nitrogen and oxygen atoms in total. The van der Waals surface area contributed by atoms with Gasteiger partial charge in [-0.1, -0.05) is 49.7 Å². The number of para-hydroxylation sites is 2. The van der Waals surface area contributed by atoms with Crippen molar-refractivity contribution >= 4 is 34.7 Å². The Kier molecular flexibility index (Phi) is 7.03. The highest BCUT2D eigenvalue weighted by atomic mass is 35.5. The third-order valence-electron chi connectivity index (χ3n) is 7.22. The number of methoxy groups -OCH3 is 3. The van der Waals surface area contributed by atoms with Gasteiger partial charge >= 0.3 is 0 Å².